The maximum Gasteiger partial charge on any atom is 0.356 e. The van der Waals surface area contributed by atoms with Crippen molar-refractivity contribution >= 4 is 11.7 Å². The zero-order valence-electron chi connectivity index (χ0n) is 8.30. The summed E-state index contributed by atoms with van der Waals surface area (Å²) in [5.41, 5.74) is 0.718. The number of carboxylic acid groups (broad SMARTS) is 1. The van der Waals surface area contributed by atoms with Crippen LogP contribution in [0.15, 0.2) is 18.1 Å². The number of aliphatic carboxylic acids is 1. The normalized spacial score (nSPS) is 12.2. The molecule has 1 rings (SSSR count). The quantitative estimate of drug-likeness (QED) is 0.695. The smallest absolute Gasteiger partial charge is 0.356 e. The van der Waals surface area contributed by atoms with Crippen LogP contribution in [-0.2, 0) is 4.79 Å². The molecule has 6 nitrogen and oxygen atoms in total. The Kier molecular flexibility index (Phi) is 2.85. The van der Waals surface area contributed by atoms with Crippen LogP contribution in [0, 0.1) is 0 Å². The van der Waals surface area contributed by atoms with Crippen LogP contribution < -0.4 is 0 Å². The van der Waals surface area contributed by atoms with Gasteiger partial charge in [-0.1, -0.05) is 5.21 Å². The monoisotopic (exact) mass is 196 g/mol. The second kappa shape index (κ2) is 3.91. The second-order valence-electron chi connectivity index (χ2n) is 2.98. The Hall–Kier alpha value is -1.85. The van der Waals surface area contributed by atoms with E-state index >= 15 is 0 Å². The van der Waals surface area contributed by atoms with Crippen molar-refractivity contribution in [1.82, 2.24) is 19.9 Å². The molecule has 14 heavy (non-hydrogen) atoms. The lowest BCUT2D eigenvalue weighted by molar-refractivity contribution is -0.130. The predicted molar refractivity (Wildman–Crippen MR) is 50.2 cm³/mol. The van der Waals surface area contributed by atoms with E-state index in [1.165, 1.54) is 17.1 Å². The molecule has 76 valence electrons. The SMILES string of the molecule is C/C(=C(/C(=O)O)n1ccnn1)N(C)C. The van der Waals surface area contributed by atoms with E-state index in [4.69, 9.17) is 5.11 Å². The molecule has 1 N–H and O–H groups in total. The van der Waals surface area contributed by atoms with E-state index in [1.54, 1.807) is 25.9 Å². The molecule has 1 heterocycles. The molecule has 0 amide bonds. The third kappa shape index (κ3) is 1.90. The Balaban J connectivity index is 3.21. The summed E-state index contributed by atoms with van der Waals surface area (Å²) in [7, 11) is 3.55. The number of nitrogens with zero attached hydrogens (tertiary/aromatic N) is 4. The van der Waals surface area contributed by atoms with Crippen molar-refractivity contribution in [3.8, 4) is 0 Å². The molecule has 0 aliphatic rings. The van der Waals surface area contributed by atoms with Gasteiger partial charge in [-0.3, -0.25) is 0 Å². The summed E-state index contributed by atoms with van der Waals surface area (Å²) < 4.78 is 1.23. The van der Waals surface area contributed by atoms with Crippen LogP contribution in [0.5, 0.6) is 0 Å². The van der Waals surface area contributed by atoms with Crippen molar-refractivity contribution in [3.63, 3.8) is 0 Å². The summed E-state index contributed by atoms with van der Waals surface area (Å²) >= 11 is 0. The van der Waals surface area contributed by atoms with Gasteiger partial charge in [-0.05, 0) is 6.92 Å². The number of allylic oxidation sites excluding steroid dienone is 1. The van der Waals surface area contributed by atoms with Gasteiger partial charge >= 0.3 is 5.97 Å². The second-order valence-corrected chi connectivity index (χ2v) is 2.98. The van der Waals surface area contributed by atoms with Crippen molar-refractivity contribution in [2.75, 3.05) is 14.1 Å². The Morgan fingerprint density at radius 2 is 2.14 bits per heavy atom. The fraction of sp³-hybridized carbons (Fsp3) is 0.375. The molecule has 0 fully saturated rings. The molecule has 0 atom stereocenters. The van der Waals surface area contributed by atoms with Gasteiger partial charge in [-0.15, -0.1) is 5.10 Å². The van der Waals surface area contributed by atoms with Gasteiger partial charge in [0.1, 0.15) is 0 Å². The maximum atomic E-state index is 11.0. The van der Waals surface area contributed by atoms with Gasteiger partial charge in [0, 0.05) is 19.8 Å². The molecule has 0 spiro atoms. The Labute approximate surface area is 81.4 Å². The molecule has 0 aliphatic carbocycles. The molecule has 0 aromatic carbocycles. The molecular weight excluding hydrogens is 184 g/mol. The topological polar surface area (TPSA) is 71.2 Å². The van der Waals surface area contributed by atoms with E-state index in [9.17, 15) is 4.79 Å². The number of aromatic nitrogens is 3. The number of carboxylic acids is 1. The number of hydrogen-bond acceptors (Lipinski definition) is 4. The molecule has 0 aliphatic heterocycles. The summed E-state index contributed by atoms with van der Waals surface area (Å²) in [6.07, 6.45) is 2.93. The Bertz CT molecular complexity index is 353. The number of rotatable bonds is 3. The average Bonchev–Trinajstić information content (AvgIpc) is 2.56. The van der Waals surface area contributed by atoms with Crippen molar-refractivity contribution in [3.05, 3.63) is 18.1 Å². The van der Waals surface area contributed by atoms with E-state index in [-0.39, 0.29) is 5.70 Å². The summed E-state index contributed by atoms with van der Waals surface area (Å²) in [4.78, 5) is 12.7. The van der Waals surface area contributed by atoms with Gasteiger partial charge in [0.2, 0.25) is 0 Å². The van der Waals surface area contributed by atoms with Gasteiger partial charge in [0.25, 0.3) is 0 Å². The van der Waals surface area contributed by atoms with E-state index in [2.05, 4.69) is 10.3 Å². The zero-order valence-corrected chi connectivity index (χ0v) is 8.30. The van der Waals surface area contributed by atoms with E-state index in [0.29, 0.717) is 5.70 Å². The number of carbonyl (C=O) groups is 1. The highest BCUT2D eigenvalue weighted by Gasteiger charge is 2.15. The van der Waals surface area contributed by atoms with E-state index < -0.39 is 5.97 Å². The van der Waals surface area contributed by atoms with Crippen molar-refractivity contribution in [1.29, 1.82) is 0 Å². The lowest BCUT2D eigenvalue weighted by atomic mass is 10.3. The van der Waals surface area contributed by atoms with Crippen molar-refractivity contribution in [2.45, 2.75) is 6.92 Å². The van der Waals surface area contributed by atoms with Crippen LogP contribution in [0.2, 0.25) is 0 Å². The van der Waals surface area contributed by atoms with Gasteiger partial charge in [-0.2, -0.15) is 0 Å². The molecule has 1 aromatic heterocycles. The average molecular weight is 196 g/mol. The van der Waals surface area contributed by atoms with Gasteiger partial charge < -0.3 is 10.0 Å². The first-order valence-corrected chi connectivity index (χ1v) is 4.02. The minimum atomic E-state index is -1.03. The first-order valence-electron chi connectivity index (χ1n) is 4.02. The molecule has 0 unspecified atom stereocenters. The summed E-state index contributed by atoms with van der Waals surface area (Å²) in [5.74, 6) is -1.03. The standard InChI is InChI=1S/C8H12N4O2/c1-6(11(2)3)7(8(13)14)12-5-4-9-10-12/h4-5H,1-3H3,(H,13,14)/b7-6+. The third-order valence-electron chi connectivity index (χ3n) is 1.87. The molecular formula is C8H12N4O2. The Morgan fingerprint density at radius 3 is 2.50 bits per heavy atom. The highest BCUT2D eigenvalue weighted by molar-refractivity contribution is 6.09. The van der Waals surface area contributed by atoms with Gasteiger partial charge in [0.05, 0.1) is 12.4 Å². The summed E-state index contributed by atoms with van der Waals surface area (Å²) in [5, 5.41) is 16.2. The number of hydrogen-bond donors (Lipinski definition) is 1. The zero-order chi connectivity index (χ0) is 10.7. The highest BCUT2D eigenvalue weighted by Crippen LogP contribution is 2.10. The van der Waals surface area contributed by atoms with Gasteiger partial charge in [0.15, 0.2) is 5.70 Å². The predicted octanol–water partition coefficient (Wildman–Crippen LogP) is 0.113. The fourth-order valence-corrected chi connectivity index (χ4v) is 0.958. The van der Waals surface area contributed by atoms with Crippen LogP contribution in [0.3, 0.4) is 0 Å². The molecule has 1 aromatic rings. The van der Waals surface area contributed by atoms with Crippen molar-refractivity contribution in [2.24, 2.45) is 0 Å². The first-order chi connectivity index (χ1) is 6.54. The van der Waals surface area contributed by atoms with Gasteiger partial charge in [-0.25, -0.2) is 9.48 Å². The fourth-order valence-electron chi connectivity index (χ4n) is 0.958. The summed E-state index contributed by atoms with van der Waals surface area (Å²) in [6, 6.07) is 0. The maximum absolute atomic E-state index is 11.0. The van der Waals surface area contributed by atoms with Crippen LogP contribution >= 0.6 is 0 Å². The largest absolute Gasteiger partial charge is 0.476 e. The van der Waals surface area contributed by atoms with Crippen LogP contribution in [0.4, 0.5) is 0 Å². The van der Waals surface area contributed by atoms with E-state index in [0.717, 1.165) is 0 Å². The molecule has 0 radical (unpaired) electrons. The molecule has 0 saturated carbocycles. The summed E-state index contributed by atoms with van der Waals surface area (Å²) in [6.45, 7) is 1.71. The lowest BCUT2D eigenvalue weighted by Crippen LogP contribution is -2.18. The lowest BCUT2D eigenvalue weighted by Gasteiger charge is -2.15. The Morgan fingerprint density at radius 1 is 1.50 bits per heavy atom. The minimum absolute atomic E-state index is 0.104. The van der Waals surface area contributed by atoms with Crippen molar-refractivity contribution < 1.29 is 9.90 Å². The van der Waals surface area contributed by atoms with Crippen LogP contribution in [-0.4, -0.2) is 45.1 Å². The van der Waals surface area contributed by atoms with Crippen LogP contribution in [0.25, 0.3) is 5.70 Å². The first kappa shape index (κ1) is 10.2. The molecule has 0 saturated heterocycles. The third-order valence-corrected chi connectivity index (χ3v) is 1.87. The van der Waals surface area contributed by atoms with E-state index in [1.807, 2.05) is 0 Å². The molecule has 0 bridgehead atoms. The molecule has 6 heteroatoms. The highest BCUT2D eigenvalue weighted by atomic mass is 16.4. The minimum Gasteiger partial charge on any atom is -0.476 e. The van der Waals surface area contributed by atoms with Crippen LogP contribution in [0.1, 0.15) is 6.92 Å².